The normalized spacial score (nSPS) is 13.1. The smallest absolute Gasteiger partial charge is 0.387 e. The number of nitro groups is 2. The van der Waals surface area contributed by atoms with Crippen LogP contribution in [-0.2, 0) is 10.3 Å². The Morgan fingerprint density at radius 2 is 1.48 bits per heavy atom. The standard InChI is InChI=1S/C19H28N2O6/c1-2-3-4-5-6-7-8-9-12-15-19(18(22)23,21(26)27)16-13-10-11-14-17(16)20(24)25/h10-11,13-14H,2-9,12,15H2,1H3,(H,22,23). The number of nitro benzene ring substituents is 1. The molecule has 0 spiro atoms. The Balaban J connectivity index is 2.79. The summed E-state index contributed by atoms with van der Waals surface area (Å²) in [5.41, 5.74) is -3.40. The average molecular weight is 380 g/mol. The number of carboxylic acid groups (broad SMARTS) is 1. The monoisotopic (exact) mass is 380 g/mol. The van der Waals surface area contributed by atoms with Crippen LogP contribution in [0.15, 0.2) is 24.3 Å². The first-order chi connectivity index (χ1) is 12.9. The van der Waals surface area contributed by atoms with Crippen LogP contribution in [-0.4, -0.2) is 20.9 Å². The molecule has 1 N–H and O–H groups in total. The summed E-state index contributed by atoms with van der Waals surface area (Å²) in [5.74, 6) is -1.67. The van der Waals surface area contributed by atoms with Gasteiger partial charge in [0.05, 0.1) is 4.92 Å². The van der Waals surface area contributed by atoms with Crippen LogP contribution < -0.4 is 0 Å². The minimum atomic E-state index is -2.50. The van der Waals surface area contributed by atoms with Gasteiger partial charge >= 0.3 is 11.5 Å². The van der Waals surface area contributed by atoms with Crippen LogP contribution >= 0.6 is 0 Å². The van der Waals surface area contributed by atoms with E-state index in [-0.39, 0.29) is 12.0 Å². The fourth-order valence-electron chi connectivity index (χ4n) is 3.30. The molecule has 1 aromatic rings. The van der Waals surface area contributed by atoms with Crippen LogP contribution in [0.4, 0.5) is 5.69 Å². The highest BCUT2D eigenvalue weighted by Crippen LogP contribution is 2.37. The van der Waals surface area contributed by atoms with Gasteiger partial charge < -0.3 is 5.11 Å². The van der Waals surface area contributed by atoms with Gasteiger partial charge in [0.2, 0.25) is 0 Å². The lowest BCUT2D eigenvalue weighted by molar-refractivity contribution is -0.566. The maximum absolute atomic E-state index is 11.8. The highest BCUT2D eigenvalue weighted by molar-refractivity contribution is 5.80. The van der Waals surface area contributed by atoms with Crippen molar-refractivity contribution in [1.82, 2.24) is 0 Å². The second-order valence-electron chi connectivity index (χ2n) is 6.78. The van der Waals surface area contributed by atoms with Crippen LogP contribution in [0.25, 0.3) is 0 Å². The average Bonchev–Trinajstić information content (AvgIpc) is 2.63. The molecule has 0 aliphatic carbocycles. The molecule has 1 unspecified atom stereocenters. The summed E-state index contributed by atoms with van der Waals surface area (Å²) in [6.07, 6.45) is 8.48. The fraction of sp³-hybridized carbons (Fsp3) is 0.632. The molecule has 0 fully saturated rings. The SMILES string of the molecule is CCCCCCCCCCCC(C(=O)O)(c1ccccc1[N+](=O)[O-])[N+](=O)[O-]. The molecule has 0 amide bonds. The Bertz CT molecular complexity index is 633. The molecule has 150 valence electrons. The van der Waals surface area contributed by atoms with Crippen molar-refractivity contribution >= 4 is 11.7 Å². The van der Waals surface area contributed by atoms with Gasteiger partial charge in [-0.1, -0.05) is 70.4 Å². The number of rotatable bonds is 14. The number of nitrogens with zero attached hydrogens (tertiary/aromatic N) is 2. The topological polar surface area (TPSA) is 124 Å². The molecule has 0 radical (unpaired) electrons. The largest absolute Gasteiger partial charge is 0.476 e. The van der Waals surface area contributed by atoms with Crippen LogP contribution in [0.5, 0.6) is 0 Å². The number of hydrogen-bond acceptors (Lipinski definition) is 5. The van der Waals surface area contributed by atoms with Crippen molar-refractivity contribution in [3.05, 3.63) is 50.1 Å². The van der Waals surface area contributed by atoms with Crippen molar-refractivity contribution in [1.29, 1.82) is 0 Å². The first-order valence-electron chi connectivity index (χ1n) is 9.49. The quantitative estimate of drug-likeness (QED) is 0.273. The van der Waals surface area contributed by atoms with Gasteiger partial charge in [-0.05, 0) is 12.5 Å². The van der Waals surface area contributed by atoms with Crippen LogP contribution in [0.1, 0.15) is 76.7 Å². The predicted octanol–water partition coefficient (Wildman–Crippen LogP) is 5.07. The lowest BCUT2D eigenvalue weighted by atomic mass is 9.84. The first kappa shape index (κ1) is 22.5. The summed E-state index contributed by atoms with van der Waals surface area (Å²) < 4.78 is 0. The molecule has 0 aromatic heterocycles. The summed E-state index contributed by atoms with van der Waals surface area (Å²) >= 11 is 0. The second-order valence-corrected chi connectivity index (χ2v) is 6.78. The zero-order valence-electron chi connectivity index (χ0n) is 15.8. The maximum Gasteiger partial charge on any atom is 0.387 e. The molecule has 8 nitrogen and oxygen atoms in total. The Kier molecular flexibility index (Phi) is 9.39. The number of unbranched alkanes of at least 4 members (excludes halogenated alkanes) is 8. The van der Waals surface area contributed by atoms with E-state index >= 15 is 0 Å². The summed E-state index contributed by atoms with van der Waals surface area (Å²) in [4.78, 5) is 33.1. The van der Waals surface area contributed by atoms with E-state index in [4.69, 9.17) is 0 Å². The molecule has 0 aliphatic heterocycles. The number of carbonyl (C=O) groups is 1. The van der Waals surface area contributed by atoms with E-state index < -0.39 is 27.0 Å². The van der Waals surface area contributed by atoms with Crippen LogP contribution in [0.3, 0.4) is 0 Å². The number of aliphatic carboxylic acids is 1. The molecule has 0 heterocycles. The summed E-state index contributed by atoms with van der Waals surface area (Å²) in [6, 6.07) is 5.03. The third-order valence-corrected chi connectivity index (χ3v) is 4.85. The van der Waals surface area contributed by atoms with Gasteiger partial charge in [-0.15, -0.1) is 0 Å². The Morgan fingerprint density at radius 1 is 0.963 bits per heavy atom. The highest BCUT2D eigenvalue weighted by Gasteiger charge is 2.56. The summed E-state index contributed by atoms with van der Waals surface area (Å²) in [7, 11) is 0. The number of carboxylic acids is 1. The van der Waals surface area contributed by atoms with E-state index in [1.807, 2.05) is 0 Å². The summed E-state index contributed by atoms with van der Waals surface area (Å²) in [5, 5.41) is 32.5. The van der Waals surface area contributed by atoms with Gasteiger partial charge in [0.15, 0.2) is 0 Å². The van der Waals surface area contributed by atoms with Gasteiger partial charge in [0, 0.05) is 17.4 Å². The molecule has 0 aliphatic rings. The Morgan fingerprint density at radius 3 is 1.96 bits per heavy atom. The van der Waals surface area contributed by atoms with Crippen molar-refractivity contribution < 1.29 is 19.7 Å². The summed E-state index contributed by atoms with van der Waals surface area (Å²) in [6.45, 7) is 2.15. The molecular formula is C19H28N2O6. The van der Waals surface area contributed by atoms with Crippen molar-refractivity contribution in [2.75, 3.05) is 0 Å². The van der Waals surface area contributed by atoms with Gasteiger partial charge in [-0.2, -0.15) is 0 Å². The number of hydrogen-bond donors (Lipinski definition) is 1. The van der Waals surface area contributed by atoms with Crippen molar-refractivity contribution in [3.63, 3.8) is 0 Å². The zero-order chi connectivity index (χ0) is 20.3. The van der Waals surface area contributed by atoms with Gasteiger partial charge in [-0.25, -0.2) is 4.79 Å². The van der Waals surface area contributed by atoms with Crippen LogP contribution in [0.2, 0.25) is 0 Å². The molecule has 0 bridgehead atoms. The van der Waals surface area contributed by atoms with E-state index in [2.05, 4.69) is 6.92 Å². The highest BCUT2D eigenvalue weighted by atomic mass is 16.6. The molecule has 1 rings (SSSR count). The van der Waals surface area contributed by atoms with E-state index in [1.54, 1.807) is 0 Å². The predicted molar refractivity (Wildman–Crippen MR) is 101 cm³/mol. The lowest BCUT2D eigenvalue weighted by Crippen LogP contribution is -2.44. The lowest BCUT2D eigenvalue weighted by Gasteiger charge is -2.21. The van der Waals surface area contributed by atoms with E-state index in [1.165, 1.54) is 37.5 Å². The zero-order valence-corrected chi connectivity index (χ0v) is 15.8. The molecule has 8 heteroatoms. The molecule has 0 saturated carbocycles. The third kappa shape index (κ3) is 6.01. The minimum absolute atomic E-state index is 0.268. The van der Waals surface area contributed by atoms with E-state index in [9.17, 15) is 30.1 Å². The van der Waals surface area contributed by atoms with Crippen molar-refractivity contribution in [3.8, 4) is 0 Å². The van der Waals surface area contributed by atoms with Crippen molar-refractivity contribution in [2.45, 2.75) is 76.7 Å². The minimum Gasteiger partial charge on any atom is -0.476 e. The molecule has 1 atom stereocenters. The molecular weight excluding hydrogens is 352 g/mol. The Hall–Kier alpha value is -2.51. The first-order valence-corrected chi connectivity index (χ1v) is 9.49. The van der Waals surface area contributed by atoms with Gasteiger partial charge in [-0.3, -0.25) is 20.2 Å². The van der Waals surface area contributed by atoms with Crippen molar-refractivity contribution in [2.24, 2.45) is 0 Å². The molecule has 27 heavy (non-hydrogen) atoms. The fourth-order valence-corrected chi connectivity index (χ4v) is 3.30. The number of para-hydroxylation sites is 1. The van der Waals surface area contributed by atoms with Crippen LogP contribution in [0, 0.1) is 20.2 Å². The Labute approximate surface area is 158 Å². The third-order valence-electron chi connectivity index (χ3n) is 4.85. The molecule has 1 aromatic carbocycles. The van der Waals surface area contributed by atoms with Gasteiger partial charge in [0.25, 0.3) is 5.69 Å². The maximum atomic E-state index is 11.8. The second kappa shape index (κ2) is 11.3. The molecule has 0 saturated heterocycles. The van der Waals surface area contributed by atoms with E-state index in [0.717, 1.165) is 31.7 Å². The number of benzene rings is 1. The van der Waals surface area contributed by atoms with E-state index in [0.29, 0.717) is 12.8 Å². The van der Waals surface area contributed by atoms with Gasteiger partial charge in [0.1, 0.15) is 5.56 Å².